The van der Waals surface area contributed by atoms with E-state index in [-0.39, 0.29) is 26.0 Å². The maximum atomic E-state index is 14.7. The molecule has 3 N–H and O–H groups in total. The number of likely N-dealkylation sites (tertiary alicyclic amines) is 1. The van der Waals surface area contributed by atoms with Crippen molar-refractivity contribution in [2.24, 2.45) is 11.3 Å². The second kappa shape index (κ2) is 15.6. The van der Waals surface area contributed by atoms with Crippen molar-refractivity contribution < 1.29 is 46.5 Å². The number of alkyl carbamates (subject to hydrolysis) is 1. The van der Waals surface area contributed by atoms with Crippen molar-refractivity contribution in [3.63, 3.8) is 0 Å². The highest BCUT2D eigenvalue weighted by atomic mass is 32.2. The molecule has 15 nitrogen and oxygen atoms in total. The normalized spacial score (nSPS) is 24.9. The van der Waals surface area contributed by atoms with Crippen LogP contribution in [0.25, 0.3) is 22.2 Å². The number of sulfonamides is 1. The van der Waals surface area contributed by atoms with Crippen LogP contribution in [-0.2, 0) is 33.9 Å². The number of aromatic nitrogens is 1. The van der Waals surface area contributed by atoms with E-state index in [1.54, 1.807) is 40.0 Å². The van der Waals surface area contributed by atoms with Crippen molar-refractivity contribution in [3.05, 3.63) is 67.3 Å². The summed E-state index contributed by atoms with van der Waals surface area (Å²) in [6.07, 6.45) is 1.08. The van der Waals surface area contributed by atoms with Gasteiger partial charge in [-0.3, -0.25) is 19.1 Å². The number of carbonyl (C=O) groups excluding carboxylic acids is 4. The van der Waals surface area contributed by atoms with Gasteiger partial charge >= 0.3 is 6.09 Å². The highest BCUT2D eigenvalue weighted by Crippen LogP contribution is 2.46. The zero-order chi connectivity index (χ0) is 40.7. The summed E-state index contributed by atoms with van der Waals surface area (Å²) < 4.78 is 50.8. The third kappa shape index (κ3) is 8.56. The predicted octanol–water partition coefficient (Wildman–Crippen LogP) is 3.86. The number of methoxy groups -OCH3 is 1. The monoisotopic (exact) mass is 803 g/mol. The van der Waals surface area contributed by atoms with Crippen molar-refractivity contribution in [1.29, 1.82) is 0 Å². The van der Waals surface area contributed by atoms with Gasteiger partial charge in [0.05, 0.1) is 43.3 Å². The van der Waals surface area contributed by atoms with E-state index >= 15 is 0 Å². The topological polar surface area (TPSA) is 192 Å². The number of rotatable bonds is 13. The van der Waals surface area contributed by atoms with Gasteiger partial charge in [-0.15, -0.1) is 6.58 Å². The van der Waals surface area contributed by atoms with E-state index in [4.69, 9.17) is 23.9 Å². The highest BCUT2D eigenvalue weighted by molar-refractivity contribution is 7.91. The lowest BCUT2D eigenvalue weighted by Crippen LogP contribution is -2.60. The summed E-state index contributed by atoms with van der Waals surface area (Å²) in [5, 5.41) is 5.57. The molecule has 0 bridgehead atoms. The number of amides is 4. The molecule has 2 saturated carbocycles. The van der Waals surface area contributed by atoms with Crippen LogP contribution in [0.5, 0.6) is 11.5 Å². The van der Waals surface area contributed by atoms with Crippen molar-refractivity contribution in [2.75, 3.05) is 26.9 Å². The molecule has 5 unspecified atom stereocenters. The summed E-state index contributed by atoms with van der Waals surface area (Å²) in [4.78, 5) is 62.1. The second-order valence-corrected chi connectivity index (χ2v) is 18.2. The number of ether oxygens (including phenoxy) is 4. The first-order valence-corrected chi connectivity index (χ1v) is 20.7. The molecule has 3 aromatic rings. The Kier molecular flexibility index (Phi) is 11.0. The van der Waals surface area contributed by atoms with E-state index in [2.05, 4.69) is 21.9 Å². The summed E-state index contributed by atoms with van der Waals surface area (Å²) >= 11 is 0. The Morgan fingerprint density at radius 1 is 1.05 bits per heavy atom. The fourth-order valence-electron chi connectivity index (χ4n) is 7.45. The summed E-state index contributed by atoms with van der Waals surface area (Å²) in [5.41, 5.74) is -0.332. The van der Waals surface area contributed by atoms with Crippen molar-refractivity contribution in [1.82, 2.24) is 25.2 Å². The Labute approximate surface area is 331 Å². The molecule has 7 rings (SSSR count). The quantitative estimate of drug-likeness (QED) is 0.213. The molecule has 16 heteroatoms. The molecule has 4 aliphatic rings. The lowest BCUT2D eigenvalue weighted by Gasteiger charge is -2.35. The van der Waals surface area contributed by atoms with Crippen LogP contribution < -0.4 is 24.8 Å². The Morgan fingerprint density at radius 3 is 2.44 bits per heavy atom. The van der Waals surface area contributed by atoms with E-state index in [0.29, 0.717) is 54.0 Å². The van der Waals surface area contributed by atoms with Crippen LogP contribution >= 0.6 is 0 Å². The second-order valence-electron chi connectivity index (χ2n) is 16.3. The summed E-state index contributed by atoms with van der Waals surface area (Å²) in [6.45, 7) is 9.80. The fourth-order valence-corrected chi connectivity index (χ4v) is 8.82. The molecule has 4 amide bonds. The van der Waals surface area contributed by atoms with Gasteiger partial charge in [0.2, 0.25) is 21.8 Å². The van der Waals surface area contributed by atoms with E-state index in [0.717, 1.165) is 5.56 Å². The van der Waals surface area contributed by atoms with Gasteiger partial charge in [0.15, 0.2) is 0 Å². The molecular formula is C41H49N5O10S. The molecule has 2 aromatic carbocycles. The molecular weight excluding hydrogens is 755 g/mol. The van der Waals surface area contributed by atoms with Gasteiger partial charge in [0.1, 0.15) is 41.3 Å². The molecule has 3 heterocycles. The molecule has 2 aliphatic heterocycles. The smallest absolute Gasteiger partial charge is 0.408 e. The Hall–Kier alpha value is -5.22. The SMILES string of the molecule is C=CC1CC1(NC(=O)C1CC(Oc2cc(-c3ccccc3)nc3cc(OC)ccc23)CN1C(=O)C(NC(=O)O[C@H]1CCOC1)C(C)(C)C)C(=O)NS(=O)(=O)C1CC1. The molecule has 4 fully saturated rings. The van der Waals surface area contributed by atoms with Gasteiger partial charge in [-0.1, -0.05) is 57.2 Å². The van der Waals surface area contributed by atoms with Gasteiger partial charge in [-0.25, -0.2) is 18.2 Å². The third-order valence-electron chi connectivity index (χ3n) is 11.0. The molecule has 6 atom stereocenters. The molecule has 2 aliphatic carbocycles. The number of pyridine rings is 1. The first-order valence-electron chi connectivity index (χ1n) is 19.2. The van der Waals surface area contributed by atoms with Crippen LogP contribution in [0.1, 0.15) is 52.9 Å². The van der Waals surface area contributed by atoms with Crippen molar-refractivity contribution >= 4 is 44.7 Å². The van der Waals surface area contributed by atoms with Gasteiger partial charge in [0.25, 0.3) is 5.91 Å². The van der Waals surface area contributed by atoms with Gasteiger partial charge in [-0.05, 0) is 36.8 Å². The average molecular weight is 804 g/mol. The van der Waals surface area contributed by atoms with E-state index in [1.807, 2.05) is 42.5 Å². The Balaban J connectivity index is 1.20. The van der Waals surface area contributed by atoms with E-state index in [9.17, 15) is 27.6 Å². The van der Waals surface area contributed by atoms with E-state index in [1.165, 1.54) is 11.0 Å². The van der Waals surface area contributed by atoms with Gasteiger partial charge in [-0.2, -0.15) is 0 Å². The highest BCUT2D eigenvalue weighted by Gasteiger charge is 2.62. The van der Waals surface area contributed by atoms with Crippen LogP contribution in [0.4, 0.5) is 4.79 Å². The molecule has 0 spiro atoms. The molecule has 2 saturated heterocycles. The van der Waals surface area contributed by atoms with Crippen molar-refractivity contribution in [2.45, 2.75) is 88.0 Å². The number of nitrogens with zero attached hydrogens (tertiary/aromatic N) is 2. The maximum Gasteiger partial charge on any atom is 0.408 e. The molecule has 304 valence electrons. The van der Waals surface area contributed by atoms with Gasteiger partial charge in [0, 0.05) is 41.8 Å². The molecule has 0 radical (unpaired) electrons. The standard InChI is InChI=1S/C41H49N5O10S/c1-6-25-21-41(25,38(49)45-57(51,52)29-13-14-29)44-36(47)33-19-28(22-46(33)37(48)35(40(2,3)4)43-39(50)56-27-16-17-54-23-27)55-34-20-31(24-10-8-7-9-11-24)42-32-18-26(53-5)12-15-30(32)34/h6-12,15,18,20,25,27-29,33,35H,1,13-14,16-17,19,21-23H2,2-5H3,(H,43,50)(H,44,47)(H,45,49)/t25?,27-,28?,33?,35?,41?/m0/s1. The number of carbonyl (C=O) groups is 4. The van der Waals surface area contributed by atoms with Crippen LogP contribution in [-0.4, -0.2) is 104 Å². The van der Waals surface area contributed by atoms with Crippen LogP contribution in [0, 0.1) is 11.3 Å². The first kappa shape index (κ1) is 40.0. The minimum atomic E-state index is -3.92. The zero-order valence-corrected chi connectivity index (χ0v) is 33.3. The minimum Gasteiger partial charge on any atom is -0.497 e. The van der Waals surface area contributed by atoms with Crippen LogP contribution in [0.3, 0.4) is 0 Å². The fraction of sp³-hybridized carbons (Fsp3) is 0.488. The van der Waals surface area contributed by atoms with E-state index < -0.39 is 80.3 Å². The summed E-state index contributed by atoms with van der Waals surface area (Å²) in [6, 6.07) is 14.5. The number of hydrogen-bond donors (Lipinski definition) is 3. The lowest BCUT2D eigenvalue weighted by molar-refractivity contribution is -0.143. The Morgan fingerprint density at radius 2 is 1.81 bits per heavy atom. The summed E-state index contributed by atoms with van der Waals surface area (Å²) in [7, 11) is -2.35. The Bertz CT molecular complexity index is 2170. The number of fused-ring (bicyclic) bond motifs is 1. The number of benzene rings is 2. The maximum absolute atomic E-state index is 14.7. The third-order valence-corrected chi connectivity index (χ3v) is 12.8. The average Bonchev–Trinajstić information content (AvgIpc) is 4.06. The predicted molar refractivity (Wildman–Crippen MR) is 210 cm³/mol. The van der Waals surface area contributed by atoms with Gasteiger partial charge < -0.3 is 34.5 Å². The summed E-state index contributed by atoms with van der Waals surface area (Å²) in [5.74, 6) is -1.57. The van der Waals surface area contributed by atoms with Crippen LogP contribution in [0.2, 0.25) is 0 Å². The molecule has 1 aromatic heterocycles. The lowest BCUT2D eigenvalue weighted by atomic mass is 9.85. The first-order chi connectivity index (χ1) is 27.1. The number of hydrogen-bond acceptors (Lipinski definition) is 11. The van der Waals surface area contributed by atoms with Crippen molar-refractivity contribution in [3.8, 4) is 22.8 Å². The number of nitrogens with one attached hydrogen (secondary N) is 3. The van der Waals surface area contributed by atoms with Crippen LogP contribution in [0.15, 0.2) is 67.3 Å². The molecule has 57 heavy (non-hydrogen) atoms. The zero-order valence-electron chi connectivity index (χ0n) is 32.5. The largest absolute Gasteiger partial charge is 0.497 e. The minimum absolute atomic E-state index is 0.00969.